The first-order valence-corrected chi connectivity index (χ1v) is 20.1. The third kappa shape index (κ3) is 35.5. The molecular formula is C40H67O9P. The van der Waals surface area contributed by atoms with E-state index >= 15 is 0 Å². The van der Waals surface area contributed by atoms with Crippen LogP contribution in [0.15, 0.2) is 85.1 Å². The van der Waals surface area contributed by atoms with E-state index in [1.165, 1.54) is 0 Å². The van der Waals surface area contributed by atoms with Crippen LogP contribution >= 0.6 is 7.82 Å². The molecule has 0 amide bonds. The van der Waals surface area contributed by atoms with E-state index in [-0.39, 0.29) is 13.0 Å². The number of aliphatic hydroxyl groups excluding tert-OH is 2. The fourth-order valence-electron chi connectivity index (χ4n) is 4.30. The van der Waals surface area contributed by atoms with E-state index in [1.54, 1.807) is 0 Å². The summed E-state index contributed by atoms with van der Waals surface area (Å²) in [5.74, 6) is -0.436. The summed E-state index contributed by atoms with van der Waals surface area (Å²) in [6.45, 7) is 3.13. The number of rotatable bonds is 34. The monoisotopic (exact) mass is 722 g/mol. The van der Waals surface area contributed by atoms with Crippen molar-refractivity contribution in [3.05, 3.63) is 85.1 Å². The Balaban J connectivity index is 4.40. The van der Waals surface area contributed by atoms with Gasteiger partial charge in [0, 0.05) is 13.0 Å². The minimum Gasteiger partial charge on any atom is -0.457 e. The van der Waals surface area contributed by atoms with E-state index < -0.39 is 45.8 Å². The lowest BCUT2D eigenvalue weighted by Crippen LogP contribution is -2.29. The molecule has 3 N–H and O–H groups in total. The fourth-order valence-corrected chi connectivity index (χ4v) is 5.09. The Morgan fingerprint density at radius 2 is 1.08 bits per heavy atom. The van der Waals surface area contributed by atoms with Gasteiger partial charge in [-0.2, -0.15) is 0 Å². The Hall–Kier alpha value is -2.36. The zero-order valence-electron chi connectivity index (χ0n) is 30.8. The molecule has 0 aromatic carbocycles. The molecule has 0 aliphatic carbocycles. The van der Waals surface area contributed by atoms with Gasteiger partial charge in [0.1, 0.15) is 12.2 Å². The number of hydrogen-bond donors (Lipinski definition) is 3. The SMILES string of the molecule is CC/C=C\C/C=C\C/C=C\C/C=C\CCCCC(=O)OC(COCCCCCC/C=C\C/C=C\C/C=C\CC)COP(=O)(O)OCC(O)CO. The van der Waals surface area contributed by atoms with E-state index in [4.69, 9.17) is 23.6 Å². The van der Waals surface area contributed by atoms with Crippen LogP contribution in [0.4, 0.5) is 0 Å². The lowest BCUT2D eigenvalue weighted by Gasteiger charge is -2.20. The number of unbranched alkanes of at least 4 members (excludes halogenated alkanes) is 6. The summed E-state index contributed by atoms with van der Waals surface area (Å²) in [6, 6.07) is 0. The van der Waals surface area contributed by atoms with Crippen LogP contribution < -0.4 is 0 Å². The summed E-state index contributed by atoms with van der Waals surface area (Å²) in [5.41, 5.74) is 0. The van der Waals surface area contributed by atoms with E-state index in [9.17, 15) is 19.4 Å². The van der Waals surface area contributed by atoms with Crippen LogP contribution in [0.3, 0.4) is 0 Å². The van der Waals surface area contributed by atoms with Gasteiger partial charge in [-0.15, -0.1) is 0 Å². The highest BCUT2D eigenvalue weighted by Gasteiger charge is 2.26. The highest BCUT2D eigenvalue weighted by Crippen LogP contribution is 2.43. The molecule has 286 valence electrons. The number of carbonyl (C=O) groups excluding carboxylic acids is 1. The summed E-state index contributed by atoms with van der Waals surface area (Å²) in [4.78, 5) is 22.4. The van der Waals surface area contributed by atoms with Crippen LogP contribution in [0.1, 0.15) is 117 Å². The maximum absolute atomic E-state index is 12.5. The molecule has 10 heteroatoms. The van der Waals surface area contributed by atoms with Crippen molar-refractivity contribution >= 4 is 13.8 Å². The number of carbonyl (C=O) groups is 1. The molecule has 0 radical (unpaired) electrons. The molecule has 0 bridgehead atoms. The average molecular weight is 723 g/mol. The second-order valence-corrected chi connectivity index (χ2v) is 13.3. The van der Waals surface area contributed by atoms with Crippen LogP contribution in [0, 0.1) is 0 Å². The Bertz CT molecular complexity index is 1050. The largest absolute Gasteiger partial charge is 0.472 e. The molecule has 0 saturated carbocycles. The number of ether oxygens (including phenoxy) is 2. The molecule has 9 nitrogen and oxygen atoms in total. The third-order valence-electron chi connectivity index (χ3n) is 7.08. The predicted molar refractivity (Wildman–Crippen MR) is 205 cm³/mol. The van der Waals surface area contributed by atoms with Gasteiger partial charge in [-0.3, -0.25) is 13.8 Å². The molecule has 0 aromatic heterocycles. The molecule has 0 saturated heterocycles. The summed E-state index contributed by atoms with van der Waals surface area (Å²) >= 11 is 0. The molecule has 0 fully saturated rings. The smallest absolute Gasteiger partial charge is 0.457 e. The zero-order valence-corrected chi connectivity index (χ0v) is 31.7. The van der Waals surface area contributed by atoms with Gasteiger partial charge in [0.25, 0.3) is 0 Å². The highest BCUT2D eigenvalue weighted by molar-refractivity contribution is 7.47. The lowest BCUT2D eigenvalue weighted by atomic mass is 10.1. The maximum Gasteiger partial charge on any atom is 0.472 e. The number of esters is 1. The van der Waals surface area contributed by atoms with E-state index in [0.717, 1.165) is 89.9 Å². The van der Waals surface area contributed by atoms with Gasteiger partial charge in [0.15, 0.2) is 0 Å². The molecule has 0 rings (SSSR count). The second kappa shape index (κ2) is 36.4. The van der Waals surface area contributed by atoms with Crippen LogP contribution in [-0.4, -0.2) is 66.3 Å². The first-order chi connectivity index (χ1) is 24.3. The van der Waals surface area contributed by atoms with Gasteiger partial charge < -0.3 is 24.6 Å². The number of phosphoric acid groups is 1. The van der Waals surface area contributed by atoms with E-state index in [1.807, 2.05) is 0 Å². The molecule has 0 aliphatic rings. The van der Waals surface area contributed by atoms with Gasteiger partial charge in [-0.05, 0) is 83.5 Å². The zero-order chi connectivity index (χ0) is 36.8. The number of hydrogen-bond acceptors (Lipinski definition) is 8. The molecule has 0 spiro atoms. The molecule has 0 aliphatic heterocycles. The highest BCUT2D eigenvalue weighted by atomic mass is 31.2. The third-order valence-corrected chi connectivity index (χ3v) is 8.03. The van der Waals surface area contributed by atoms with E-state index in [2.05, 4.69) is 98.9 Å². The van der Waals surface area contributed by atoms with E-state index in [0.29, 0.717) is 13.0 Å². The van der Waals surface area contributed by atoms with Crippen molar-refractivity contribution in [3.8, 4) is 0 Å². The number of allylic oxidation sites excluding steroid dienone is 14. The topological polar surface area (TPSA) is 132 Å². The minimum absolute atomic E-state index is 0.0114. The normalized spacial score (nSPS) is 15.2. The average Bonchev–Trinajstić information content (AvgIpc) is 3.10. The second-order valence-electron chi connectivity index (χ2n) is 11.8. The Labute approximate surface area is 303 Å². The summed E-state index contributed by atoms with van der Waals surface area (Å²) < 4.78 is 33.1. The van der Waals surface area contributed by atoms with Crippen LogP contribution in [0.2, 0.25) is 0 Å². The van der Waals surface area contributed by atoms with Crippen molar-refractivity contribution in [3.63, 3.8) is 0 Å². The molecule has 3 atom stereocenters. The Morgan fingerprint density at radius 1 is 0.620 bits per heavy atom. The van der Waals surface area contributed by atoms with Crippen molar-refractivity contribution in [1.29, 1.82) is 0 Å². The van der Waals surface area contributed by atoms with Gasteiger partial charge >= 0.3 is 13.8 Å². The van der Waals surface area contributed by atoms with Crippen molar-refractivity contribution in [2.45, 2.75) is 129 Å². The van der Waals surface area contributed by atoms with Gasteiger partial charge in [-0.1, -0.05) is 112 Å². The van der Waals surface area contributed by atoms with Gasteiger partial charge in [-0.25, -0.2) is 4.57 Å². The Morgan fingerprint density at radius 3 is 1.60 bits per heavy atom. The molecular weight excluding hydrogens is 655 g/mol. The number of phosphoric ester groups is 1. The van der Waals surface area contributed by atoms with Gasteiger partial charge in [0.2, 0.25) is 0 Å². The minimum atomic E-state index is -4.53. The van der Waals surface area contributed by atoms with Crippen LogP contribution in [0.25, 0.3) is 0 Å². The summed E-state index contributed by atoms with van der Waals surface area (Å²) in [7, 11) is -4.53. The molecule has 0 aromatic rings. The quantitative estimate of drug-likeness (QED) is 0.0257. The van der Waals surface area contributed by atoms with Crippen LogP contribution in [-0.2, 0) is 27.9 Å². The van der Waals surface area contributed by atoms with Crippen molar-refractivity contribution < 1.29 is 43.0 Å². The van der Waals surface area contributed by atoms with Crippen molar-refractivity contribution in [2.24, 2.45) is 0 Å². The van der Waals surface area contributed by atoms with Crippen molar-refractivity contribution in [2.75, 3.05) is 33.0 Å². The lowest BCUT2D eigenvalue weighted by molar-refractivity contribution is -0.154. The van der Waals surface area contributed by atoms with Gasteiger partial charge in [0.05, 0.1) is 26.4 Å². The summed E-state index contributed by atoms with van der Waals surface area (Å²) in [6.07, 6.45) is 42.6. The molecule has 3 unspecified atom stereocenters. The fraction of sp³-hybridized carbons (Fsp3) is 0.625. The van der Waals surface area contributed by atoms with Crippen molar-refractivity contribution in [1.82, 2.24) is 0 Å². The first kappa shape index (κ1) is 47.6. The Kier molecular flexibility index (Phi) is 34.7. The van der Waals surface area contributed by atoms with Crippen LogP contribution in [0.5, 0.6) is 0 Å². The number of aliphatic hydroxyl groups is 2. The summed E-state index contributed by atoms with van der Waals surface area (Å²) in [5, 5.41) is 18.3. The predicted octanol–water partition coefficient (Wildman–Crippen LogP) is 9.58. The standard InChI is InChI=1S/C40H67O9P/c1-3-5-7-9-11-13-15-17-19-20-22-24-26-28-30-32-40(43)49-39(37-48-50(44,45)47-35-38(42)34-41)36-46-33-31-29-27-25-23-21-18-16-14-12-10-8-6-4-2/h5-8,11-14,17-19,21-22,24,38-39,41-42H,3-4,9-10,15-16,20,23,25-37H2,1-2H3,(H,44,45)/b7-5-,8-6-,13-11-,14-12-,19-17-,21-18-,24-22-. The molecule has 50 heavy (non-hydrogen) atoms. The molecule has 0 heterocycles. The maximum atomic E-state index is 12.5. The first-order valence-electron chi connectivity index (χ1n) is 18.6.